The van der Waals surface area contributed by atoms with Crippen LogP contribution in [0.5, 0.6) is 0 Å². The van der Waals surface area contributed by atoms with Crippen LogP contribution in [0.25, 0.3) is 10.9 Å². The van der Waals surface area contributed by atoms with E-state index in [0.717, 1.165) is 61.9 Å². The number of hydrogen-bond acceptors (Lipinski definition) is 8. The van der Waals surface area contributed by atoms with Crippen LogP contribution in [0, 0.1) is 23.7 Å². The zero-order chi connectivity index (χ0) is 26.3. The third kappa shape index (κ3) is 4.83. The maximum absolute atomic E-state index is 6.49. The monoisotopic (exact) mass is 545 g/mol. The molecule has 2 N–H and O–H groups in total. The Hall–Kier alpha value is -1.52. The zero-order valence-electron chi connectivity index (χ0n) is 22.6. The van der Waals surface area contributed by atoms with Crippen LogP contribution in [-0.2, 0) is 24.0 Å². The van der Waals surface area contributed by atoms with Crippen LogP contribution in [0.4, 0.5) is 5.69 Å². The minimum Gasteiger partial charge on any atom is -0.384 e. The van der Waals surface area contributed by atoms with Crippen molar-refractivity contribution in [3.05, 3.63) is 35.5 Å². The average molecular weight is 546 g/mol. The minimum atomic E-state index is -0.756. The number of aromatic nitrogens is 1. The zero-order valence-corrected chi connectivity index (χ0v) is 23.3. The van der Waals surface area contributed by atoms with Crippen LogP contribution >= 0.6 is 11.6 Å². The summed E-state index contributed by atoms with van der Waals surface area (Å²) in [4.78, 5) is 16.5. The van der Waals surface area contributed by atoms with Crippen LogP contribution in [0.2, 0.25) is 5.02 Å². The lowest BCUT2D eigenvalue weighted by atomic mass is 9.58. The Kier molecular flexibility index (Phi) is 7.59. The Labute approximate surface area is 230 Å². The van der Waals surface area contributed by atoms with Crippen molar-refractivity contribution >= 4 is 28.2 Å². The first-order valence-electron chi connectivity index (χ1n) is 14.2. The molecular weight excluding hydrogens is 506 g/mol. The molecule has 1 aromatic carbocycles. The van der Waals surface area contributed by atoms with Gasteiger partial charge in [-0.25, -0.2) is 9.78 Å². The normalized spacial score (nSPS) is 38.1. The largest absolute Gasteiger partial charge is 0.384 e. The molecule has 4 saturated heterocycles. The highest BCUT2D eigenvalue weighted by Gasteiger charge is 2.69. The highest BCUT2D eigenvalue weighted by Crippen LogP contribution is 2.60. The Balaban J connectivity index is 0.967. The standard InChI is InChI=1S/C29H40ClN3O5/c1-18-5-8-23-19(2)26(35-27-29(23)22(18)9-11-28(3,36-27)37-38-29)34-16-15-31-12-4-13-32-24-10-14-33-25-17-20(30)6-7-21(24)25/h6-7,10,14,17-19,22-23,26-27,31H,4-5,8-9,11-13,15-16H2,1-3H3,(H,32,33)/t18-,19-,22+,23+,26+,27-,28-,29-/m1/s1. The molecule has 0 radical (unpaired) electrons. The highest BCUT2D eigenvalue weighted by molar-refractivity contribution is 6.31. The molecule has 5 fully saturated rings. The number of rotatable bonds is 9. The van der Waals surface area contributed by atoms with Crippen molar-refractivity contribution in [1.82, 2.24) is 10.3 Å². The van der Waals surface area contributed by atoms with Gasteiger partial charge in [-0.05, 0) is 75.3 Å². The molecule has 1 saturated carbocycles. The first-order chi connectivity index (χ1) is 18.4. The summed E-state index contributed by atoms with van der Waals surface area (Å²) in [5.74, 6) is 0.661. The van der Waals surface area contributed by atoms with E-state index in [0.29, 0.717) is 23.5 Å². The molecular formula is C29H40ClN3O5. The van der Waals surface area contributed by atoms with E-state index in [1.54, 1.807) is 0 Å². The summed E-state index contributed by atoms with van der Waals surface area (Å²) < 4.78 is 19.2. The quantitative estimate of drug-likeness (QED) is 0.315. The second kappa shape index (κ2) is 10.8. The van der Waals surface area contributed by atoms with Crippen LogP contribution < -0.4 is 10.6 Å². The van der Waals surface area contributed by atoms with Crippen LogP contribution in [0.1, 0.15) is 52.9 Å². The summed E-state index contributed by atoms with van der Waals surface area (Å²) in [6, 6.07) is 7.80. The summed E-state index contributed by atoms with van der Waals surface area (Å²) in [6.45, 7) is 9.63. The van der Waals surface area contributed by atoms with Gasteiger partial charge in [0.2, 0.25) is 5.79 Å². The van der Waals surface area contributed by atoms with Gasteiger partial charge in [0.25, 0.3) is 0 Å². The maximum Gasteiger partial charge on any atom is 0.201 e. The summed E-state index contributed by atoms with van der Waals surface area (Å²) in [5, 5.41) is 8.79. The lowest BCUT2D eigenvalue weighted by molar-refractivity contribution is -0.577. The molecule has 8 atom stereocenters. The number of nitrogens with zero attached hydrogens (tertiary/aromatic N) is 1. The molecule has 9 heteroatoms. The van der Waals surface area contributed by atoms with Gasteiger partial charge in [0.05, 0.1) is 12.1 Å². The van der Waals surface area contributed by atoms with Gasteiger partial charge in [-0.15, -0.1) is 0 Å². The molecule has 38 heavy (non-hydrogen) atoms. The molecule has 0 amide bonds. The molecule has 1 spiro atoms. The Morgan fingerprint density at radius 1 is 1.08 bits per heavy atom. The molecule has 1 aliphatic carbocycles. The van der Waals surface area contributed by atoms with Crippen molar-refractivity contribution in [1.29, 1.82) is 0 Å². The van der Waals surface area contributed by atoms with Crippen molar-refractivity contribution in [3.63, 3.8) is 0 Å². The Morgan fingerprint density at radius 2 is 1.97 bits per heavy atom. The number of halogens is 1. The Morgan fingerprint density at radius 3 is 2.87 bits per heavy atom. The van der Waals surface area contributed by atoms with Crippen molar-refractivity contribution < 1.29 is 24.0 Å². The number of pyridine rings is 1. The molecule has 8 nitrogen and oxygen atoms in total. The van der Waals surface area contributed by atoms with Crippen LogP contribution in [0.15, 0.2) is 30.5 Å². The van der Waals surface area contributed by atoms with E-state index in [2.05, 4.69) is 29.5 Å². The van der Waals surface area contributed by atoms with Gasteiger partial charge in [0.15, 0.2) is 18.2 Å². The van der Waals surface area contributed by atoms with E-state index in [4.69, 9.17) is 35.6 Å². The second-order valence-electron chi connectivity index (χ2n) is 11.7. The van der Waals surface area contributed by atoms with Gasteiger partial charge in [-0.2, -0.15) is 0 Å². The number of hydrogen-bond donors (Lipinski definition) is 2. The van der Waals surface area contributed by atoms with Crippen molar-refractivity contribution in [2.75, 3.05) is 31.6 Å². The summed E-state index contributed by atoms with van der Waals surface area (Å²) >= 11 is 6.10. The molecule has 4 aliphatic heterocycles. The molecule has 208 valence electrons. The first kappa shape index (κ1) is 26.7. The lowest BCUT2D eigenvalue weighted by Gasteiger charge is -2.60. The van der Waals surface area contributed by atoms with E-state index in [9.17, 15) is 0 Å². The number of anilines is 1. The third-order valence-electron chi connectivity index (χ3n) is 9.21. The van der Waals surface area contributed by atoms with E-state index in [1.807, 2.05) is 37.4 Å². The number of benzene rings is 1. The molecule has 2 aromatic rings. The highest BCUT2D eigenvalue weighted by atomic mass is 35.5. The van der Waals surface area contributed by atoms with E-state index in [1.165, 1.54) is 6.42 Å². The molecule has 2 bridgehead atoms. The molecule has 1 aromatic heterocycles. The average Bonchev–Trinajstić information content (AvgIpc) is 3.14. The van der Waals surface area contributed by atoms with Crippen molar-refractivity contribution in [2.24, 2.45) is 23.7 Å². The van der Waals surface area contributed by atoms with Crippen molar-refractivity contribution in [3.8, 4) is 0 Å². The second-order valence-corrected chi connectivity index (χ2v) is 12.1. The molecule has 7 rings (SSSR count). The van der Waals surface area contributed by atoms with Gasteiger partial charge >= 0.3 is 0 Å². The number of nitrogens with one attached hydrogen (secondary N) is 2. The smallest absolute Gasteiger partial charge is 0.201 e. The third-order valence-corrected chi connectivity index (χ3v) is 9.44. The predicted octanol–water partition coefficient (Wildman–Crippen LogP) is 5.50. The van der Waals surface area contributed by atoms with Crippen LogP contribution in [0.3, 0.4) is 0 Å². The maximum atomic E-state index is 6.49. The van der Waals surface area contributed by atoms with E-state index in [-0.39, 0.29) is 18.1 Å². The SMILES string of the molecule is C[C@H]1[C@@H](OCCNCCCNc2ccnc3cc(Cl)ccc23)O[C@@H]2O[C@@]3(C)CC[C@H]4[C@H](C)CC[C@@H]1[C@@]24OO3. The molecule has 5 aliphatic rings. The van der Waals surface area contributed by atoms with E-state index >= 15 is 0 Å². The van der Waals surface area contributed by atoms with Gasteiger partial charge in [0.1, 0.15) is 0 Å². The number of fused-ring (bicyclic) bond motifs is 3. The molecule has 0 unspecified atom stereocenters. The summed E-state index contributed by atoms with van der Waals surface area (Å²) in [7, 11) is 0. The van der Waals surface area contributed by atoms with Gasteiger partial charge in [-0.1, -0.05) is 25.4 Å². The summed E-state index contributed by atoms with van der Waals surface area (Å²) in [6.07, 6.45) is 6.16. The van der Waals surface area contributed by atoms with Gasteiger partial charge in [-0.3, -0.25) is 4.98 Å². The van der Waals surface area contributed by atoms with Crippen LogP contribution in [-0.4, -0.2) is 55.2 Å². The molecule has 5 heterocycles. The fraction of sp³-hybridized carbons (Fsp3) is 0.690. The van der Waals surface area contributed by atoms with Gasteiger partial charge < -0.3 is 24.8 Å². The van der Waals surface area contributed by atoms with Gasteiger partial charge in [0, 0.05) is 53.6 Å². The minimum absolute atomic E-state index is 0.199. The number of ether oxygens (including phenoxy) is 3. The van der Waals surface area contributed by atoms with Crippen molar-refractivity contribution in [2.45, 2.75) is 76.8 Å². The topological polar surface area (TPSA) is 83.1 Å². The van der Waals surface area contributed by atoms with E-state index < -0.39 is 17.7 Å². The lowest BCUT2D eigenvalue weighted by Crippen LogP contribution is -2.70. The fourth-order valence-electron chi connectivity index (χ4n) is 7.15. The fourth-order valence-corrected chi connectivity index (χ4v) is 7.31. The first-order valence-corrected chi connectivity index (χ1v) is 14.6. The Bertz CT molecular complexity index is 1140. The summed E-state index contributed by atoms with van der Waals surface area (Å²) in [5.41, 5.74) is 1.44. The predicted molar refractivity (Wildman–Crippen MR) is 146 cm³/mol.